The molecule has 1 N–H and O–H groups in total. The number of nitrogens with one attached hydrogen (secondary N) is 1. The first-order valence-electron chi connectivity index (χ1n) is 7.39. The predicted octanol–water partition coefficient (Wildman–Crippen LogP) is 1.97. The zero-order valence-corrected chi connectivity index (χ0v) is 13.8. The van der Waals surface area contributed by atoms with Crippen LogP contribution in [0.3, 0.4) is 0 Å². The van der Waals surface area contributed by atoms with Gasteiger partial charge in [-0.05, 0) is 47.4 Å². The van der Waals surface area contributed by atoms with Crippen molar-refractivity contribution in [2.75, 3.05) is 13.1 Å². The SMILES string of the molecule is Cn1c(=O)n([C@@H]2CCCNC2)c2c3nc(Br)ccc3ncc21. The number of halogens is 1. The van der Waals surface area contributed by atoms with E-state index in [1.165, 1.54) is 0 Å². The van der Waals surface area contributed by atoms with Crippen LogP contribution in [0.1, 0.15) is 18.9 Å². The van der Waals surface area contributed by atoms with Crippen LogP contribution in [0.15, 0.2) is 27.7 Å². The molecule has 0 saturated carbocycles. The maximum Gasteiger partial charge on any atom is 0.329 e. The third-order valence-corrected chi connectivity index (χ3v) is 4.81. The van der Waals surface area contributed by atoms with Crippen molar-refractivity contribution in [2.45, 2.75) is 18.9 Å². The Morgan fingerprint density at radius 3 is 3.05 bits per heavy atom. The molecule has 0 bridgehead atoms. The number of aryl methyl sites for hydroxylation is 1. The van der Waals surface area contributed by atoms with Crippen molar-refractivity contribution in [1.82, 2.24) is 24.4 Å². The molecule has 3 aromatic heterocycles. The van der Waals surface area contributed by atoms with Crippen molar-refractivity contribution in [3.05, 3.63) is 33.4 Å². The van der Waals surface area contributed by atoms with Crippen LogP contribution >= 0.6 is 15.9 Å². The van der Waals surface area contributed by atoms with Gasteiger partial charge in [-0.1, -0.05) is 0 Å². The summed E-state index contributed by atoms with van der Waals surface area (Å²) in [6, 6.07) is 3.96. The number of imidazole rings is 1. The standard InChI is InChI=1S/C15H16BrN5O/c1-20-11-8-18-10-4-5-12(16)19-13(10)14(11)21(15(20)22)9-3-2-6-17-7-9/h4-5,8-9,17H,2-3,6-7H2,1H3/t9-/m1/s1. The Labute approximate surface area is 135 Å². The summed E-state index contributed by atoms with van der Waals surface area (Å²) in [6.07, 6.45) is 3.85. The van der Waals surface area contributed by atoms with Crippen molar-refractivity contribution in [1.29, 1.82) is 0 Å². The van der Waals surface area contributed by atoms with Crippen LogP contribution in [0.5, 0.6) is 0 Å². The van der Waals surface area contributed by atoms with Gasteiger partial charge in [0, 0.05) is 13.6 Å². The van der Waals surface area contributed by atoms with E-state index < -0.39 is 0 Å². The zero-order chi connectivity index (χ0) is 15.3. The lowest BCUT2D eigenvalue weighted by Gasteiger charge is -2.24. The minimum atomic E-state index is -0.000208. The highest BCUT2D eigenvalue weighted by Gasteiger charge is 2.23. The maximum absolute atomic E-state index is 12.7. The van der Waals surface area contributed by atoms with Crippen LogP contribution in [0, 0.1) is 0 Å². The molecule has 0 unspecified atom stereocenters. The summed E-state index contributed by atoms with van der Waals surface area (Å²) in [5.41, 5.74) is 3.29. The Bertz CT molecular complexity index is 923. The smallest absolute Gasteiger partial charge is 0.315 e. The molecular weight excluding hydrogens is 346 g/mol. The lowest BCUT2D eigenvalue weighted by atomic mass is 10.1. The van der Waals surface area contributed by atoms with Gasteiger partial charge < -0.3 is 5.32 Å². The number of nitrogens with zero attached hydrogens (tertiary/aromatic N) is 4. The van der Waals surface area contributed by atoms with Gasteiger partial charge in [0.25, 0.3) is 0 Å². The average molecular weight is 362 g/mol. The second-order valence-electron chi connectivity index (χ2n) is 5.71. The molecule has 3 aromatic rings. The molecule has 0 amide bonds. The zero-order valence-electron chi connectivity index (χ0n) is 12.2. The molecule has 0 aliphatic carbocycles. The van der Waals surface area contributed by atoms with Gasteiger partial charge in [-0.25, -0.2) is 9.78 Å². The largest absolute Gasteiger partial charge is 0.329 e. The summed E-state index contributed by atoms with van der Waals surface area (Å²) in [5.74, 6) is 0. The minimum absolute atomic E-state index is 0.000208. The molecule has 1 aliphatic heterocycles. The molecule has 0 radical (unpaired) electrons. The molecule has 7 heteroatoms. The van der Waals surface area contributed by atoms with E-state index in [-0.39, 0.29) is 11.7 Å². The summed E-state index contributed by atoms with van der Waals surface area (Å²) in [5, 5.41) is 3.38. The van der Waals surface area contributed by atoms with E-state index in [9.17, 15) is 4.79 Å². The van der Waals surface area contributed by atoms with Gasteiger partial charge in [0.15, 0.2) is 0 Å². The molecule has 1 saturated heterocycles. The maximum atomic E-state index is 12.7. The highest BCUT2D eigenvalue weighted by Crippen LogP contribution is 2.27. The molecule has 1 atom stereocenters. The van der Waals surface area contributed by atoms with E-state index in [4.69, 9.17) is 0 Å². The minimum Gasteiger partial charge on any atom is -0.315 e. The number of hydrogen-bond acceptors (Lipinski definition) is 4. The van der Waals surface area contributed by atoms with Crippen molar-refractivity contribution in [3.8, 4) is 0 Å². The first kappa shape index (κ1) is 13.9. The quantitative estimate of drug-likeness (QED) is 0.673. The number of aromatic nitrogens is 4. The number of piperidine rings is 1. The summed E-state index contributed by atoms with van der Waals surface area (Å²) in [4.78, 5) is 21.8. The number of hydrogen-bond donors (Lipinski definition) is 1. The first-order valence-corrected chi connectivity index (χ1v) is 8.19. The van der Waals surface area contributed by atoms with Gasteiger partial charge in [0.1, 0.15) is 10.1 Å². The van der Waals surface area contributed by atoms with Crippen molar-refractivity contribution in [3.63, 3.8) is 0 Å². The van der Waals surface area contributed by atoms with Crippen LogP contribution in [-0.4, -0.2) is 32.2 Å². The van der Waals surface area contributed by atoms with Gasteiger partial charge in [-0.15, -0.1) is 0 Å². The number of fused-ring (bicyclic) bond motifs is 3. The van der Waals surface area contributed by atoms with E-state index in [0.29, 0.717) is 0 Å². The number of rotatable bonds is 1. The highest BCUT2D eigenvalue weighted by molar-refractivity contribution is 9.10. The molecule has 6 nitrogen and oxygen atoms in total. The van der Waals surface area contributed by atoms with E-state index in [0.717, 1.165) is 52.6 Å². The molecule has 4 heterocycles. The van der Waals surface area contributed by atoms with Crippen LogP contribution in [0.4, 0.5) is 0 Å². The van der Waals surface area contributed by atoms with Gasteiger partial charge in [-0.2, -0.15) is 0 Å². The molecule has 0 spiro atoms. The van der Waals surface area contributed by atoms with E-state index in [1.807, 2.05) is 16.7 Å². The van der Waals surface area contributed by atoms with E-state index >= 15 is 0 Å². The first-order chi connectivity index (χ1) is 10.7. The molecular formula is C15H16BrN5O. The van der Waals surface area contributed by atoms with Crippen LogP contribution < -0.4 is 11.0 Å². The molecule has 1 fully saturated rings. The van der Waals surface area contributed by atoms with E-state index in [1.54, 1.807) is 17.8 Å². The van der Waals surface area contributed by atoms with Crippen molar-refractivity contribution < 1.29 is 0 Å². The van der Waals surface area contributed by atoms with Gasteiger partial charge in [0.2, 0.25) is 0 Å². The normalized spacial score (nSPS) is 19.1. The monoisotopic (exact) mass is 361 g/mol. The summed E-state index contributed by atoms with van der Waals surface area (Å²) in [6.45, 7) is 1.83. The second-order valence-corrected chi connectivity index (χ2v) is 6.52. The fraction of sp³-hybridized carbons (Fsp3) is 0.400. The van der Waals surface area contributed by atoms with Gasteiger partial charge in [-0.3, -0.25) is 14.1 Å². The lowest BCUT2D eigenvalue weighted by molar-refractivity contribution is 0.369. The Kier molecular flexibility index (Phi) is 3.27. The van der Waals surface area contributed by atoms with Crippen molar-refractivity contribution in [2.24, 2.45) is 7.05 Å². The molecule has 0 aromatic carbocycles. The number of pyridine rings is 2. The fourth-order valence-corrected chi connectivity index (χ4v) is 3.56. The Hall–Kier alpha value is -1.73. The molecule has 1 aliphatic rings. The predicted molar refractivity (Wildman–Crippen MR) is 89.1 cm³/mol. The summed E-state index contributed by atoms with van der Waals surface area (Å²) < 4.78 is 4.31. The second kappa shape index (κ2) is 5.17. The molecule has 4 rings (SSSR count). The Morgan fingerprint density at radius 1 is 1.41 bits per heavy atom. The third-order valence-electron chi connectivity index (χ3n) is 4.36. The summed E-state index contributed by atoms with van der Waals surface area (Å²) in [7, 11) is 1.79. The fourth-order valence-electron chi connectivity index (χ4n) is 3.26. The van der Waals surface area contributed by atoms with Crippen LogP contribution in [0.2, 0.25) is 0 Å². The molecule has 114 valence electrons. The topological polar surface area (TPSA) is 64.7 Å². The summed E-state index contributed by atoms with van der Waals surface area (Å²) >= 11 is 3.42. The Balaban J connectivity index is 2.11. The Morgan fingerprint density at radius 2 is 2.27 bits per heavy atom. The van der Waals surface area contributed by atoms with Crippen molar-refractivity contribution >= 4 is 38.0 Å². The van der Waals surface area contributed by atoms with Crippen LogP contribution in [-0.2, 0) is 7.05 Å². The van der Waals surface area contributed by atoms with Crippen LogP contribution in [0.25, 0.3) is 22.1 Å². The van der Waals surface area contributed by atoms with Gasteiger partial charge >= 0.3 is 5.69 Å². The van der Waals surface area contributed by atoms with E-state index in [2.05, 4.69) is 31.2 Å². The lowest BCUT2D eigenvalue weighted by Crippen LogP contribution is -2.36. The highest BCUT2D eigenvalue weighted by atomic mass is 79.9. The van der Waals surface area contributed by atoms with Gasteiger partial charge in [0.05, 0.1) is 28.8 Å². The average Bonchev–Trinajstić information content (AvgIpc) is 2.80. The third kappa shape index (κ3) is 1.99. The molecule has 22 heavy (non-hydrogen) atoms.